The third kappa shape index (κ3) is 2.48. The van der Waals surface area contributed by atoms with Crippen LogP contribution in [0.4, 0.5) is 0 Å². The van der Waals surface area contributed by atoms with Gasteiger partial charge in [0.2, 0.25) is 0 Å². The standard InChI is InChI=1S/C15H19ClN2O/c16-13-10-17-8-7-12(13)15(19)18-9-3-5-11-4-1-2-6-14(11)18/h7-8,10-11,14H,1-6,9H2. The molecule has 2 heterocycles. The molecule has 1 aliphatic heterocycles. The molecule has 2 aliphatic rings. The lowest BCUT2D eigenvalue weighted by Gasteiger charge is -2.44. The van der Waals surface area contributed by atoms with Gasteiger partial charge in [-0.05, 0) is 37.7 Å². The van der Waals surface area contributed by atoms with Crippen LogP contribution in [-0.4, -0.2) is 28.4 Å². The number of aromatic nitrogens is 1. The molecule has 102 valence electrons. The molecule has 1 aromatic rings. The zero-order chi connectivity index (χ0) is 13.2. The molecule has 3 rings (SSSR count). The van der Waals surface area contributed by atoms with Crippen LogP contribution >= 0.6 is 11.6 Å². The second kappa shape index (κ2) is 5.49. The molecule has 2 atom stereocenters. The van der Waals surface area contributed by atoms with Crippen molar-refractivity contribution in [1.29, 1.82) is 0 Å². The van der Waals surface area contributed by atoms with Crippen molar-refractivity contribution in [2.45, 2.75) is 44.6 Å². The number of rotatable bonds is 1. The van der Waals surface area contributed by atoms with Gasteiger partial charge in [-0.15, -0.1) is 0 Å². The van der Waals surface area contributed by atoms with E-state index >= 15 is 0 Å². The van der Waals surface area contributed by atoms with E-state index in [-0.39, 0.29) is 5.91 Å². The first kappa shape index (κ1) is 12.9. The number of nitrogens with zero attached hydrogens (tertiary/aromatic N) is 2. The lowest BCUT2D eigenvalue weighted by atomic mass is 9.78. The van der Waals surface area contributed by atoms with Gasteiger partial charge < -0.3 is 4.90 Å². The summed E-state index contributed by atoms with van der Waals surface area (Å²) in [7, 11) is 0. The van der Waals surface area contributed by atoms with Gasteiger partial charge in [-0.25, -0.2) is 0 Å². The first-order valence-corrected chi connectivity index (χ1v) is 7.55. The van der Waals surface area contributed by atoms with Gasteiger partial charge in [-0.2, -0.15) is 0 Å². The number of carbonyl (C=O) groups excluding carboxylic acids is 1. The fourth-order valence-electron chi connectivity index (χ4n) is 3.58. The van der Waals surface area contributed by atoms with Crippen molar-refractivity contribution < 1.29 is 4.79 Å². The van der Waals surface area contributed by atoms with E-state index in [1.54, 1.807) is 18.5 Å². The van der Waals surface area contributed by atoms with Gasteiger partial charge in [-0.3, -0.25) is 9.78 Å². The van der Waals surface area contributed by atoms with Crippen molar-refractivity contribution in [1.82, 2.24) is 9.88 Å². The maximum absolute atomic E-state index is 12.7. The summed E-state index contributed by atoms with van der Waals surface area (Å²) >= 11 is 6.10. The van der Waals surface area contributed by atoms with Gasteiger partial charge >= 0.3 is 0 Å². The molecule has 1 amide bonds. The van der Waals surface area contributed by atoms with Crippen molar-refractivity contribution in [3.8, 4) is 0 Å². The van der Waals surface area contributed by atoms with Crippen LogP contribution in [0.25, 0.3) is 0 Å². The summed E-state index contributed by atoms with van der Waals surface area (Å²) < 4.78 is 0. The Hall–Kier alpha value is -1.09. The second-order valence-corrected chi connectivity index (χ2v) is 6.02. The molecule has 4 heteroatoms. The lowest BCUT2D eigenvalue weighted by Crippen LogP contribution is -2.49. The van der Waals surface area contributed by atoms with Gasteiger partial charge in [0.15, 0.2) is 0 Å². The summed E-state index contributed by atoms with van der Waals surface area (Å²) in [5.74, 6) is 0.788. The van der Waals surface area contributed by atoms with Crippen LogP contribution in [0.1, 0.15) is 48.9 Å². The summed E-state index contributed by atoms with van der Waals surface area (Å²) in [6.45, 7) is 0.874. The maximum atomic E-state index is 12.7. The quantitative estimate of drug-likeness (QED) is 0.787. The highest BCUT2D eigenvalue weighted by molar-refractivity contribution is 6.33. The molecule has 2 fully saturated rings. The van der Waals surface area contributed by atoms with E-state index in [4.69, 9.17) is 11.6 Å². The number of likely N-dealkylation sites (tertiary alicyclic amines) is 1. The molecule has 2 unspecified atom stereocenters. The van der Waals surface area contributed by atoms with E-state index in [9.17, 15) is 4.79 Å². The average Bonchev–Trinajstić information content (AvgIpc) is 2.46. The van der Waals surface area contributed by atoms with E-state index in [0.717, 1.165) is 19.4 Å². The molecule has 0 radical (unpaired) electrons. The predicted octanol–water partition coefficient (Wildman–Crippen LogP) is 3.53. The Morgan fingerprint density at radius 2 is 2.05 bits per heavy atom. The van der Waals surface area contributed by atoms with Crippen molar-refractivity contribution in [2.75, 3.05) is 6.54 Å². The average molecular weight is 279 g/mol. The van der Waals surface area contributed by atoms with Crippen LogP contribution in [0.15, 0.2) is 18.5 Å². The van der Waals surface area contributed by atoms with Gasteiger partial charge in [0.05, 0.1) is 10.6 Å². The molecule has 3 nitrogen and oxygen atoms in total. The van der Waals surface area contributed by atoms with Gasteiger partial charge in [-0.1, -0.05) is 24.4 Å². The molecule has 0 N–H and O–H groups in total. The number of pyridine rings is 1. The Kier molecular flexibility index (Phi) is 3.74. The van der Waals surface area contributed by atoms with Crippen LogP contribution in [0.2, 0.25) is 5.02 Å². The minimum absolute atomic E-state index is 0.0870. The zero-order valence-corrected chi connectivity index (χ0v) is 11.8. The summed E-state index contributed by atoms with van der Waals surface area (Å²) in [5, 5.41) is 0.463. The van der Waals surface area contributed by atoms with Gasteiger partial charge in [0, 0.05) is 25.0 Å². The van der Waals surface area contributed by atoms with Crippen molar-refractivity contribution in [3.63, 3.8) is 0 Å². The molecule has 19 heavy (non-hydrogen) atoms. The number of carbonyl (C=O) groups is 1. The molecule has 0 bridgehead atoms. The fraction of sp³-hybridized carbons (Fsp3) is 0.600. The Bertz CT molecular complexity index is 475. The molecule has 0 aromatic carbocycles. The molecule has 1 aliphatic carbocycles. The van der Waals surface area contributed by atoms with E-state index < -0.39 is 0 Å². The topological polar surface area (TPSA) is 33.2 Å². The Balaban J connectivity index is 1.84. The van der Waals surface area contributed by atoms with Crippen molar-refractivity contribution in [2.24, 2.45) is 5.92 Å². The zero-order valence-electron chi connectivity index (χ0n) is 11.0. The first-order chi connectivity index (χ1) is 9.27. The van der Waals surface area contributed by atoms with E-state index in [0.29, 0.717) is 22.5 Å². The highest BCUT2D eigenvalue weighted by atomic mass is 35.5. The lowest BCUT2D eigenvalue weighted by molar-refractivity contribution is 0.0391. The minimum Gasteiger partial charge on any atom is -0.335 e. The van der Waals surface area contributed by atoms with E-state index in [2.05, 4.69) is 9.88 Å². The summed E-state index contributed by atoms with van der Waals surface area (Å²) in [6, 6.07) is 2.16. The fourth-order valence-corrected chi connectivity index (χ4v) is 3.78. The number of hydrogen-bond acceptors (Lipinski definition) is 2. The monoisotopic (exact) mass is 278 g/mol. The molecule has 1 saturated carbocycles. The van der Waals surface area contributed by atoms with Crippen LogP contribution in [-0.2, 0) is 0 Å². The van der Waals surface area contributed by atoms with Crippen LogP contribution in [0.3, 0.4) is 0 Å². The molecule has 0 spiro atoms. The van der Waals surface area contributed by atoms with E-state index in [1.807, 2.05) is 0 Å². The summed E-state index contributed by atoms with van der Waals surface area (Å²) in [4.78, 5) is 18.7. The SMILES string of the molecule is O=C(c1ccncc1Cl)N1CCCC2CCCCC21. The van der Waals surface area contributed by atoms with Crippen molar-refractivity contribution >= 4 is 17.5 Å². The molecular weight excluding hydrogens is 260 g/mol. The number of amides is 1. The van der Waals surface area contributed by atoms with Gasteiger partial charge in [0.1, 0.15) is 0 Å². The predicted molar refractivity (Wildman–Crippen MR) is 75.3 cm³/mol. The maximum Gasteiger partial charge on any atom is 0.255 e. The van der Waals surface area contributed by atoms with Crippen LogP contribution in [0, 0.1) is 5.92 Å². The highest BCUT2D eigenvalue weighted by Gasteiger charge is 2.36. The molecule has 1 saturated heterocycles. The van der Waals surface area contributed by atoms with Gasteiger partial charge in [0.25, 0.3) is 5.91 Å². The minimum atomic E-state index is 0.0870. The summed E-state index contributed by atoms with van der Waals surface area (Å²) in [6.07, 6.45) is 10.6. The number of hydrogen-bond donors (Lipinski definition) is 0. The Labute approximate surface area is 119 Å². The Morgan fingerprint density at radius 3 is 2.89 bits per heavy atom. The molecular formula is C15H19ClN2O. The van der Waals surface area contributed by atoms with Crippen molar-refractivity contribution in [3.05, 3.63) is 29.0 Å². The van der Waals surface area contributed by atoms with Crippen LogP contribution < -0.4 is 0 Å². The second-order valence-electron chi connectivity index (χ2n) is 5.61. The first-order valence-electron chi connectivity index (χ1n) is 7.18. The number of piperidine rings is 1. The largest absolute Gasteiger partial charge is 0.335 e. The van der Waals surface area contributed by atoms with Crippen LogP contribution in [0.5, 0.6) is 0 Å². The number of fused-ring (bicyclic) bond motifs is 1. The smallest absolute Gasteiger partial charge is 0.255 e. The molecule has 1 aromatic heterocycles. The Morgan fingerprint density at radius 1 is 1.26 bits per heavy atom. The third-order valence-electron chi connectivity index (χ3n) is 4.51. The van der Waals surface area contributed by atoms with E-state index in [1.165, 1.54) is 25.7 Å². The number of halogens is 1. The highest BCUT2D eigenvalue weighted by Crippen LogP contribution is 2.36. The third-order valence-corrected chi connectivity index (χ3v) is 4.81. The summed E-state index contributed by atoms with van der Waals surface area (Å²) in [5.41, 5.74) is 0.600. The normalized spacial score (nSPS) is 26.9.